The highest BCUT2D eigenvalue weighted by Crippen LogP contribution is 2.34. The monoisotopic (exact) mass is 551 g/mol. The molecule has 1 N–H and O–H groups in total. The molecule has 3 heterocycles. The molecule has 0 bridgehead atoms. The Balaban J connectivity index is 1.34. The Morgan fingerprint density at radius 1 is 0.927 bits per heavy atom. The van der Waals surface area contributed by atoms with E-state index in [4.69, 9.17) is 14.5 Å². The third-order valence-electron chi connectivity index (χ3n) is 7.57. The molecule has 2 aromatic heterocycles. The number of morpholine rings is 1. The molecule has 3 aromatic carbocycles. The second-order valence-corrected chi connectivity index (χ2v) is 11.6. The molecule has 0 aliphatic carbocycles. The van der Waals surface area contributed by atoms with Gasteiger partial charge in [-0.1, -0.05) is 42.0 Å². The fourth-order valence-corrected chi connectivity index (χ4v) is 5.47. The number of ether oxygens (including phenoxy) is 2. The highest BCUT2D eigenvalue weighted by molar-refractivity contribution is 5.99. The molecule has 8 heteroatoms. The van der Waals surface area contributed by atoms with Crippen LogP contribution >= 0.6 is 0 Å². The van der Waals surface area contributed by atoms with Gasteiger partial charge >= 0.3 is 5.69 Å². The van der Waals surface area contributed by atoms with Crippen molar-refractivity contribution < 1.29 is 9.47 Å². The van der Waals surface area contributed by atoms with Crippen LogP contribution in [-0.4, -0.2) is 58.5 Å². The van der Waals surface area contributed by atoms with Gasteiger partial charge in [0.2, 0.25) is 0 Å². The van der Waals surface area contributed by atoms with Gasteiger partial charge in [0.05, 0.1) is 24.4 Å². The Morgan fingerprint density at radius 3 is 2.39 bits per heavy atom. The molecule has 212 valence electrons. The van der Waals surface area contributed by atoms with Crippen LogP contribution < -0.4 is 15.7 Å². The maximum Gasteiger partial charge on any atom is 0.335 e. The first-order chi connectivity index (χ1) is 19.8. The molecule has 0 unspecified atom stereocenters. The number of anilines is 2. The quantitative estimate of drug-likeness (QED) is 0.273. The molecule has 41 heavy (non-hydrogen) atoms. The number of aromatic nitrogens is 3. The van der Waals surface area contributed by atoms with Crippen LogP contribution in [0.2, 0.25) is 0 Å². The lowest BCUT2D eigenvalue weighted by Gasteiger charge is -2.26. The van der Waals surface area contributed by atoms with E-state index in [0.717, 1.165) is 71.8 Å². The number of benzene rings is 3. The van der Waals surface area contributed by atoms with Crippen LogP contribution in [0.25, 0.3) is 27.6 Å². The van der Waals surface area contributed by atoms with Gasteiger partial charge in [-0.3, -0.25) is 9.47 Å². The Morgan fingerprint density at radius 2 is 1.66 bits per heavy atom. The summed E-state index contributed by atoms with van der Waals surface area (Å²) in [5.74, 6) is 1.52. The van der Waals surface area contributed by atoms with Crippen molar-refractivity contribution in [2.45, 2.75) is 33.2 Å². The molecule has 0 spiro atoms. The lowest BCUT2D eigenvalue weighted by Crippen LogP contribution is -2.38. The van der Waals surface area contributed by atoms with Gasteiger partial charge in [-0.15, -0.1) is 0 Å². The second-order valence-electron chi connectivity index (χ2n) is 11.6. The van der Waals surface area contributed by atoms with Crippen LogP contribution in [0.1, 0.15) is 26.3 Å². The first-order valence-electron chi connectivity index (χ1n) is 14.2. The van der Waals surface area contributed by atoms with Crippen LogP contribution in [0, 0.1) is 6.92 Å². The Hall–Kier alpha value is -4.14. The summed E-state index contributed by atoms with van der Waals surface area (Å²) in [6, 6.07) is 24.2. The third-order valence-corrected chi connectivity index (χ3v) is 7.57. The van der Waals surface area contributed by atoms with Gasteiger partial charge < -0.3 is 14.8 Å². The number of hydrogen-bond acceptors (Lipinski definition) is 6. The van der Waals surface area contributed by atoms with E-state index in [0.29, 0.717) is 18.1 Å². The molecular weight excluding hydrogens is 514 g/mol. The highest BCUT2D eigenvalue weighted by atomic mass is 16.5. The summed E-state index contributed by atoms with van der Waals surface area (Å²) in [7, 11) is 0. The molecule has 0 amide bonds. The van der Waals surface area contributed by atoms with Crippen molar-refractivity contribution >= 4 is 33.4 Å². The van der Waals surface area contributed by atoms with E-state index in [1.807, 2.05) is 92.9 Å². The van der Waals surface area contributed by atoms with Gasteiger partial charge in [-0.05, 0) is 64.1 Å². The lowest BCUT2D eigenvalue weighted by molar-refractivity contribution is 0.0323. The minimum absolute atomic E-state index is 0.106. The summed E-state index contributed by atoms with van der Waals surface area (Å²) in [5.41, 5.74) is 3.75. The van der Waals surface area contributed by atoms with Gasteiger partial charge in [0, 0.05) is 41.6 Å². The van der Waals surface area contributed by atoms with Crippen LogP contribution in [0.3, 0.4) is 0 Å². The molecule has 1 aliphatic rings. The van der Waals surface area contributed by atoms with Crippen LogP contribution in [0.4, 0.5) is 11.5 Å². The number of nitrogens with zero attached hydrogens (tertiary/aromatic N) is 4. The third kappa shape index (κ3) is 5.45. The van der Waals surface area contributed by atoms with E-state index in [-0.39, 0.29) is 5.69 Å². The highest BCUT2D eigenvalue weighted by Gasteiger charge is 2.24. The van der Waals surface area contributed by atoms with E-state index in [2.05, 4.69) is 22.3 Å². The van der Waals surface area contributed by atoms with Crippen molar-refractivity contribution in [2.75, 3.05) is 44.8 Å². The average molecular weight is 552 g/mol. The molecule has 1 fully saturated rings. The molecule has 0 atom stereocenters. The van der Waals surface area contributed by atoms with E-state index < -0.39 is 5.54 Å². The largest absolute Gasteiger partial charge is 0.492 e. The van der Waals surface area contributed by atoms with E-state index >= 15 is 0 Å². The molecular formula is C33H37N5O3. The van der Waals surface area contributed by atoms with Gasteiger partial charge in [0.25, 0.3) is 0 Å². The first-order valence-corrected chi connectivity index (χ1v) is 14.2. The van der Waals surface area contributed by atoms with Gasteiger partial charge in [-0.25, -0.2) is 14.3 Å². The van der Waals surface area contributed by atoms with Crippen LogP contribution in [0.5, 0.6) is 5.75 Å². The molecule has 0 saturated carbocycles. The molecule has 1 aliphatic heterocycles. The molecule has 6 rings (SSSR count). The molecule has 8 nitrogen and oxygen atoms in total. The second kappa shape index (κ2) is 11.0. The number of fused-ring (bicyclic) bond motifs is 2. The smallest absolute Gasteiger partial charge is 0.335 e. The van der Waals surface area contributed by atoms with Crippen molar-refractivity contribution in [1.82, 2.24) is 19.0 Å². The maximum absolute atomic E-state index is 13.7. The first kappa shape index (κ1) is 27.1. The topological polar surface area (TPSA) is 73.5 Å². The summed E-state index contributed by atoms with van der Waals surface area (Å²) in [6.07, 6.45) is 0. The normalized spacial score (nSPS) is 14.5. The van der Waals surface area contributed by atoms with Crippen molar-refractivity contribution in [3.05, 3.63) is 88.8 Å². The van der Waals surface area contributed by atoms with E-state index in [9.17, 15) is 4.79 Å². The van der Waals surface area contributed by atoms with Gasteiger partial charge in [0.15, 0.2) is 5.65 Å². The molecule has 0 radical (unpaired) electrons. The van der Waals surface area contributed by atoms with Crippen LogP contribution in [-0.2, 0) is 10.3 Å². The predicted molar refractivity (Wildman–Crippen MR) is 165 cm³/mol. The lowest BCUT2D eigenvalue weighted by atomic mass is 10.1. The Kier molecular flexibility index (Phi) is 7.28. The van der Waals surface area contributed by atoms with Crippen molar-refractivity contribution in [1.29, 1.82) is 0 Å². The number of imidazole rings is 1. The summed E-state index contributed by atoms with van der Waals surface area (Å²) in [4.78, 5) is 21.1. The van der Waals surface area contributed by atoms with Crippen molar-refractivity contribution in [3.63, 3.8) is 0 Å². The zero-order valence-electron chi connectivity index (χ0n) is 24.2. The summed E-state index contributed by atoms with van der Waals surface area (Å²) in [6.45, 7) is 13.1. The summed E-state index contributed by atoms with van der Waals surface area (Å²) >= 11 is 0. The number of pyridine rings is 1. The van der Waals surface area contributed by atoms with E-state index in [1.165, 1.54) is 0 Å². The van der Waals surface area contributed by atoms with Gasteiger partial charge in [0.1, 0.15) is 18.2 Å². The Labute approximate surface area is 240 Å². The van der Waals surface area contributed by atoms with Crippen molar-refractivity contribution in [3.8, 4) is 11.4 Å². The zero-order chi connectivity index (χ0) is 28.6. The Bertz CT molecular complexity index is 1740. The summed E-state index contributed by atoms with van der Waals surface area (Å²) < 4.78 is 15.2. The fraction of sp³-hybridized carbons (Fsp3) is 0.333. The number of rotatable bonds is 7. The van der Waals surface area contributed by atoms with Gasteiger partial charge in [-0.2, -0.15) is 0 Å². The number of hydrogen-bond donors (Lipinski definition) is 1. The van der Waals surface area contributed by atoms with Crippen LogP contribution in [0.15, 0.2) is 77.6 Å². The van der Waals surface area contributed by atoms with E-state index in [1.54, 1.807) is 4.57 Å². The fourth-order valence-electron chi connectivity index (χ4n) is 5.47. The number of aryl methyl sites for hydroxylation is 1. The minimum atomic E-state index is -0.407. The molecule has 1 saturated heterocycles. The SMILES string of the molecule is Cc1ccc(-n2c(=O)n(C(C)(C)C)c3ccc(Nc4ccc(OCCN5CCOCC5)c5ccccc45)nc32)cc1. The predicted octanol–water partition coefficient (Wildman–Crippen LogP) is 5.86. The number of nitrogens with one attached hydrogen (secondary N) is 1. The molecule has 5 aromatic rings. The maximum atomic E-state index is 13.7. The summed E-state index contributed by atoms with van der Waals surface area (Å²) in [5, 5.41) is 5.60. The minimum Gasteiger partial charge on any atom is -0.492 e. The standard InChI is InChI=1S/C33H37N5O3/c1-23-9-11-24(12-10-23)37-31-28(38(32(37)39)33(2,3)4)14-16-30(35-31)34-27-13-15-29(26-8-6-5-7-25(26)27)41-22-19-36-17-20-40-21-18-36/h5-16H,17-22H2,1-4H3,(H,34,35). The zero-order valence-corrected chi connectivity index (χ0v) is 24.2. The van der Waals surface area contributed by atoms with Crippen molar-refractivity contribution in [2.24, 2.45) is 0 Å². The average Bonchev–Trinajstić information content (AvgIpc) is 3.26.